The lowest BCUT2D eigenvalue weighted by atomic mass is 10.1. The minimum Gasteiger partial charge on any atom is -0.456 e. The second kappa shape index (κ2) is 12.7. The van der Waals surface area contributed by atoms with Crippen LogP contribution in [-0.2, 0) is 30.7 Å². The van der Waals surface area contributed by atoms with Crippen LogP contribution in [0.15, 0.2) is 47.1 Å². The zero-order valence-corrected chi connectivity index (χ0v) is 28.4. The number of aliphatic hydroxyl groups excluding tert-OH is 1. The van der Waals surface area contributed by atoms with Crippen LogP contribution in [0.1, 0.15) is 0 Å². The number of halogens is 1. The van der Waals surface area contributed by atoms with Crippen molar-refractivity contribution in [1.82, 2.24) is 24.5 Å². The monoisotopic (exact) mass is 672 g/mol. The summed E-state index contributed by atoms with van der Waals surface area (Å²) in [6.45, 7) is 8.19. The molecule has 0 spiro atoms. The molecule has 15 heteroatoms. The number of aromatic nitrogens is 5. The van der Waals surface area contributed by atoms with Gasteiger partial charge in [-0.15, -0.1) is 0 Å². The molecular weight excluding hydrogens is 636 g/mol. The molecule has 240 valence electrons. The van der Waals surface area contributed by atoms with Gasteiger partial charge in [0.25, 0.3) is 0 Å². The highest BCUT2D eigenvalue weighted by atomic mass is 35.5. The van der Waals surface area contributed by atoms with Crippen LogP contribution in [0, 0.1) is 0 Å². The summed E-state index contributed by atoms with van der Waals surface area (Å²) in [6.07, 6.45) is 4.31. The summed E-state index contributed by atoms with van der Waals surface area (Å²) in [5.41, 5.74) is 3.76. The third-order valence-electron chi connectivity index (χ3n) is 7.47. The van der Waals surface area contributed by atoms with E-state index in [-0.39, 0.29) is 26.0 Å². The van der Waals surface area contributed by atoms with E-state index in [1.54, 1.807) is 35.5 Å². The quantitative estimate of drug-likeness (QED) is 0.185. The highest BCUT2D eigenvalue weighted by Gasteiger charge is 2.49. The molecule has 0 amide bonds. The maximum Gasteiger partial charge on any atom is 0.301 e. The van der Waals surface area contributed by atoms with Gasteiger partial charge in [0.2, 0.25) is 0 Å². The van der Waals surface area contributed by atoms with Crippen LogP contribution in [-0.4, -0.2) is 98.6 Å². The van der Waals surface area contributed by atoms with Crippen LogP contribution < -0.4 is 4.74 Å². The molecule has 0 unspecified atom stereocenters. The Morgan fingerprint density at radius 3 is 2.44 bits per heavy atom. The second-order valence-electron chi connectivity index (χ2n) is 12.8. The second-order valence-corrected chi connectivity index (χ2v) is 21.3. The molecule has 3 aromatic heterocycles. The molecule has 0 bridgehead atoms. The lowest BCUT2D eigenvalue weighted by molar-refractivity contribution is 0.00336. The Balaban J connectivity index is 1.29. The fourth-order valence-electron chi connectivity index (χ4n) is 5.18. The topological polar surface area (TPSA) is 143 Å². The largest absolute Gasteiger partial charge is 0.456 e. The van der Waals surface area contributed by atoms with Crippen molar-refractivity contribution in [3.05, 3.63) is 47.7 Å². The van der Waals surface area contributed by atoms with E-state index in [0.717, 1.165) is 17.2 Å². The van der Waals surface area contributed by atoms with E-state index >= 15 is 0 Å². The van der Waals surface area contributed by atoms with Crippen LogP contribution in [0.2, 0.25) is 30.7 Å². The van der Waals surface area contributed by atoms with Crippen molar-refractivity contribution in [3.63, 3.8) is 0 Å². The number of nitrogens with zero attached hydrogens (tertiary/aromatic N) is 6. The third kappa shape index (κ3) is 7.37. The summed E-state index contributed by atoms with van der Waals surface area (Å²) in [6, 6.07) is 10.7. The highest BCUT2D eigenvalue weighted by molar-refractivity contribution is 7.92. The first kappa shape index (κ1) is 32.0. The first-order valence-electron chi connectivity index (χ1n) is 14.7. The molecule has 4 aromatic rings. The standard InChI is InChI=1S/C30H37ClN6O6SSi/c1-44(2,39)36-20-13-32-28(33-14-20)19-8-6-18(7-9-19)25-21(31)12-22-29(35-25)37(17-40-10-11-45(3,4)5)30(34-22)43-24-16-42-26-23(38)15-41-27(24)26/h6-9,12-14,23-24,26-27,38H,10-11,15-17H2,1-5H3/t23-,24-,26-,27-/m1/s1. The lowest BCUT2D eigenvalue weighted by Crippen LogP contribution is -2.35. The zero-order valence-electron chi connectivity index (χ0n) is 25.8. The van der Waals surface area contributed by atoms with Gasteiger partial charge in [0.15, 0.2) is 17.6 Å². The van der Waals surface area contributed by atoms with E-state index < -0.39 is 36.1 Å². The fraction of sp³-hybridized carbons (Fsp3) is 0.467. The molecule has 2 aliphatic heterocycles. The van der Waals surface area contributed by atoms with Crippen LogP contribution >= 0.6 is 11.6 Å². The van der Waals surface area contributed by atoms with Gasteiger partial charge in [-0.3, -0.25) is 4.57 Å². The third-order valence-corrected chi connectivity index (χ3v) is 10.1. The number of hydrogen-bond acceptors (Lipinski definition) is 11. The van der Waals surface area contributed by atoms with Crippen LogP contribution in [0.4, 0.5) is 5.69 Å². The molecule has 0 aliphatic carbocycles. The summed E-state index contributed by atoms with van der Waals surface area (Å²) in [4.78, 5) is 18.4. The number of ether oxygens (including phenoxy) is 4. The van der Waals surface area contributed by atoms with Crippen molar-refractivity contribution < 1.29 is 28.3 Å². The normalized spacial score (nSPS) is 21.8. The van der Waals surface area contributed by atoms with Crippen LogP contribution in [0.3, 0.4) is 0 Å². The van der Waals surface area contributed by atoms with E-state index in [1.807, 2.05) is 24.3 Å². The van der Waals surface area contributed by atoms with Gasteiger partial charge in [-0.1, -0.05) is 55.5 Å². The van der Waals surface area contributed by atoms with Gasteiger partial charge in [-0.05, 0) is 12.1 Å². The van der Waals surface area contributed by atoms with Crippen molar-refractivity contribution in [2.45, 2.75) is 56.8 Å². The molecule has 2 fully saturated rings. The highest BCUT2D eigenvalue weighted by Crippen LogP contribution is 2.34. The predicted octanol–water partition coefficient (Wildman–Crippen LogP) is 4.79. The molecule has 1 N–H and O–H groups in total. The summed E-state index contributed by atoms with van der Waals surface area (Å²) < 4.78 is 41.9. The number of aliphatic hydroxyl groups is 1. The number of benzene rings is 1. The Kier molecular flexibility index (Phi) is 9.00. The molecule has 1 aromatic carbocycles. The molecule has 2 saturated heterocycles. The summed E-state index contributed by atoms with van der Waals surface area (Å²) >= 11 is 6.76. The van der Waals surface area contributed by atoms with E-state index in [9.17, 15) is 9.32 Å². The van der Waals surface area contributed by atoms with Gasteiger partial charge in [-0.25, -0.2) is 19.2 Å². The Morgan fingerprint density at radius 2 is 1.76 bits per heavy atom. The minimum atomic E-state index is -2.30. The summed E-state index contributed by atoms with van der Waals surface area (Å²) in [5, 5.41) is 10.6. The molecule has 0 radical (unpaired) electrons. The van der Waals surface area contributed by atoms with E-state index in [1.165, 1.54) is 0 Å². The first-order chi connectivity index (χ1) is 21.3. The molecule has 2 aliphatic rings. The Bertz CT molecular complexity index is 1800. The first-order valence-corrected chi connectivity index (χ1v) is 21.1. The molecule has 0 saturated carbocycles. The molecule has 4 atom stereocenters. The van der Waals surface area contributed by atoms with Gasteiger partial charge in [0.05, 0.1) is 36.3 Å². The average molecular weight is 673 g/mol. The van der Waals surface area contributed by atoms with Crippen molar-refractivity contribution in [2.24, 2.45) is 4.36 Å². The summed E-state index contributed by atoms with van der Waals surface area (Å²) in [7, 11) is -3.60. The summed E-state index contributed by atoms with van der Waals surface area (Å²) in [5.74, 6) is 0.515. The van der Waals surface area contributed by atoms with E-state index in [0.29, 0.717) is 46.0 Å². The minimum absolute atomic E-state index is 0.194. The number of imidazole rings is 1. The zero-order chi connectivity index (χ0) is 31.9. The average Bonchev–Trinajstić information content (AvgIpc) is 3.65. The molecule has 12 nitrogen and oxygen atoms in total. The Morgan fingerprint density at radius 1 is 1.07 bits per heavy atom. The predicted molar refractivity (Wildman–Crippen MR) is 175 cm³/mol. The Labute approximate surface area is 268 Å². The maximum absolute atomic E-state index is 12.0. The number of pyridine rings is 1. The fourth-order valence-corrected chi connectivity index (χ4v) is 6.79. The molecule has 45 heavy (non-hydrogen) atoms. The number of hydrogen-bond donors (Lipinski definition) is 1. The van der Waals surface area contributed by atoms with E-state index in [2.05, 4.69) is 34.0 Å². The number of rotatable bonds is 10. The van der Waals surface area contributed by atoms with Gasteiger partial charge < -0.3 is 24.1 Å². The number of fused-ring (bicyclic) bond motifs is 2. The molecule has 6 rings (SSSR count). The maximum atomic E-state index is 12.0. The molecular formula is C30H37ClN6O6SSi. The van der Waals surface area contributed by atoms with Crippen molar-refractivity contribution in [2.75, 3.05) is 32.3 Å². The van der Waals surface area contributed by atoms with Crippen molar-refractivity contribution in [3.8, 4) is 28.7 Å². The SMILES string of the molecule is C[Si](C)(C)CCOCn1c(O[C@@H]2CO[C@H]3[C@@H]2OC[C@H]3O)nc2cc(Cl)c(-c3ccc(-c4ncc(N=S(C)(C)=O)cn4)cc3)nc21. The molecule has 5 heterocycles. The van der Waals surface area contributed by atoms with Crippen LogP contribution in [0.5, 0.6) is 6.01 Å². The van der Waals surface area contributed by atoms with Gasteiger partial charge in [0.1, 0.15) is 36.2 Å². The smallest absolute Gasteiger partial charge is 0.301 e. The van der Waals surface area contributed by atoms with Crippen molar-refractivity contribution >= 4 is 46.3 Å². The van der Waals surface area contributed by atoms with Gasteiger partial charge in [0, 0.05) is 48.0 Å². The van der Waals surface area contributed by atoms with Crippen molar-refractivity contribution in [1.29, 1.82) is 0 Å². The van der Waals surface area contributed by atoms with Crippen LogP contribution in [0.25, 0.3) is 33.8 Å². The van der Waals surface area contributed by atoms with Gasteiger partial charge >= 0.3 is 6.01 Å². The lowest BCUT2D eigenvalue weighted by Gasteiger charge is -2.19. The van der Waals surface area contributed by atoms with E-state index in [4.69, 9.17) is 40.5 Å². The van der Waals surface area contributed by atoms with Gasteiger partial charge in [-0.2, -0.15) is 9.35 Å². The Hall–Kier alpha value is -2.98.